The molecule has 0 bridgehead atoms. The second-order valence-corrected chi connectivity index (χ2v) is 5.53. The number of carbonyl (C=O) groups is 1. The summed E-state index contributed by atoms with van der Waals surface area (Å²) < 4.78 is 17.6. The van der Waals surface area contributed by atoms with Crippen LogP contribution in [0.4, 0.5) is 5.82 Å². The maximum absolute atomic E-state index is 12.1. The zero-order chi connectivity index (χ0) is 18.0. The SMILES string of the molecule is COCCO[C@@H]1[C@H](O)[C@@H](CO)O[C@@]1(C=O)n1cnc2c(N)ncnc21. The van der Waals surface area contributed by atoms with Gasteiger partial charge in [0.2, 0.25) is 5.72 Å². The first kappa shape index (κ1) is 17.6. The van der Waals surface area contributed by atoms with Crippen LogP contribution in [0.1, 0.15) is 0 Å². The van der Waals surface area contributed by atoms with Crippen molar-refractivity contribution in [3.05, 3.63) is 12.7 Å². The lowest BCUT2D eigenvalue weighted by atomic mass is 10.0. The quantitative estimate of drug-likeness (QED) is 0.377. The second kappa shape index (κ2) is 6.98. The summed E-state index contributed by atoms with van der Waals surface area (Å²) in [5.41, 5.74) is 4.53. The van der Waals surface area contributed by atoms with E-state index >= 15 is 0 Å². The summed E-state index contributed by atoms with van der Waals surface area (Å²) in [4.78, 5) is 24.1. The maximum Gasteiger partial charge on any atom is 0.234 e. The zero-order valence-corrected chi connectivity index (χ0v) is 13.5. The number of hydrogen-bond donors (Lipinski definition) is 3. The van der Waals surface area contributed by atoms with Crippen molar-refractivity contribution in [2.45, 2.75) is 24.0 Å². The van der Waals surface area contributed by atoms with Crippen molar-refractivity contribution in [1.82, 2.24) is 19.5 Å². The van der Waals surface area contributed by atoms with Gasteiger partial charge in [-0.15, -0.1) is 0 Å². The van der Waals surface area contributed by atoms with Crippen molar-refractivity contribution < 1.29 is 29.2 Å². The minimum Gasteiger partial charge on any atom is -0.394 e. The fourth-order valence-corrected chi connectivity index (χ4v) is 2.89. The Morgan fingerprint density at radius 1 is 1.44 bits per heavy atom. The van der Waals surface area contributed by atoms with E-state index in [1.807, 2.05) is 0 Å². The Hall–Kier alpha value is -2.18. The fraction of sp³-hybridized carbons (Fsp3) is 0.571. The topological polar surface area (TPSA) is 155 Å². The molecular weight excluding hydrogens is 334 g/mol. The average molecular weight is 353 g/mol. The number of fused-ring (bicyclic) bond motifs is 1. The highest BCUT2D eigenvalue weighted by molar-refractivity contribution is 5.82. The van der Waals surface area contributed by atoms with Gasteiger partial charge in [0, 0.05) is 7.11 Å². The van der Waals surface area contributed by atoms with Gasteiger partial charge < -0.3 is 30.2 Å². The number of nitrogen functional groups attached to an aromatic ring is 1. The number of aliphatic hydroxyl groups is 2. The van der Waals surface area contributed by atoms with Crippen LogP contribution < -0.4 is 5.73 Å². The van der Waals surface area contributed by atoms with Gasteiger partial charge in [0.25, 0.3) is 0 Å². The Morgan fingerprint density at radius 3 is 2.92 bits per heavy atom. The van der Waals surface area contributed by atoms with Gasteiger partial charge in [-0.2, -0.15) is 0 Å². The molecular formula is C14H19N5O6. The molecule has 3 heterocycles. The molecule has 1 aliphatic heterocycles. The average Bonchev–Trinajstić information content (AvgIpc) is 3.17. The van der Waals surface area contributed by atoms with Gasteiger partial charge in [-0.1, -0.05) is 0 Å². The minimum atomic E-state index is -1.77. The number of methoxy groups -OCH3 is 1. The van der Waals surface area contributed by atoms with Crippen LogP contribution in [0.2, 0.25) is 0 Å². The number of aldehydes is 1. The molecule has 2 aromatic rings. The summed E-state index contributed by atoms with van der Waals surface area (Å²) in [6.45, 7) is -0.133. The van der Waals surface area contributed by atoms with Crippen LogP contribution in [0, 0.1) is 0 Å². The minimum absolute atomic E-state index is 0.110. The lowest BCUT2D eigenvalue weighted by molar-refractivity contribution is -0.169. The summed E-state index contributed by atoms with van der Waals surface area (Å²) in [6.07, 6.45) is -0.347. The number of aromatic nitrogens is 4. The van der Waals surface area contributed by atoms with E-state index in [9.17, 15) is 15.0 Å². The fourth-order valence-electron chi connectivity index (χ4n) is 2.89. The number of ether oxygens (including phenoxy) is 3. The number of imidazole rings is 1. The molecule has 0 unspecified atom stereocenters. The zero-order valence-electron chi connectivity index (χ0n) is 13.5. The number of carbonyl (C=O) groups excluding carboxylic acids is 1. The van der Waals surface area contributed by atoms with E-state index in [1.54, 1.807) is 0 Å². The molecule has 4 N–H and O–H groups in total. The highest BCUT2D eigenvalue weighted by atomic mass is 16.6. The van der Waals surface area contributed by atoms with E-state index in [0.717, 1.165) is 0 Å². The third-order valence-corrected chi connectivity index (χ3v) is 4.11. The Labute approximate surface area is 142 Å². The predicted molar refractivity (Wildman–Crippen MR) is 83.4 cm³/mol. The van der Waals surface area contributed by atoms with Crippen LogP contribution in [0.25, 0.3) is 11.2 Å². The number of rotatable bonds is 7. The molecule has 136 valence electrons. The normalized spacial score (nSPS) is 29.3. The molecule has 4 atom stereocenters. The molecule has 1 fully saturated rings. The van der Waals surface area contributed by atoms with Crippen molar-refractivity contribution in [2.75, 3.05) is 32.7 Å². The van der Waals surface area contributed by atoms with Crippen LogP contribution in [-0.4, -0.2) is 81.3 Å². The van der Waals surface area contributed by atoms with Crippen LogP contribution in [0.3, 0.4) is 0 Å². The Morgan fingerprint density at radius 2 is 2.24 bits per heavy atom. The van der Waals surface area contributed by atoms with E-state index in [0.29, 0.717) is 6.29 Å². The van der Waals surface area contributed by atoms with Crippen molar-refractivity contribution in [1.29, 1.82) is 0 Å². The Kier molecular flexibility index (Phi) is 4.92. The van der Waals surface area contributed by atoms with E-state index in [1.165, 1.54) is 24.3 Å². The standard InChI is InChI=1S/C14H19N5O6/c1-23-2-3-24-11-10(22)8(4-20)25-14(11,5-21)19-7-18-9-12(15)16-6-17-13(9)19/h5-8,10-11,20,22H,2-4H2,1H3,(H2,15,16,17)/t8-,10-,11-,14-/m1/s1. The van der Waals surface area contributed by atoms with Crippen LogP contribution in [0.5, 0.6) is 0 Å². The van der Waals surface area contributed by atoms with Gasteiger partial charge >= 0.3 is 0 Å². The van der Waals surface area contributed by atoms with Gasteiger partial charge in [-0.25, -0.2) is 15.0 Å². The molecule has 0 amide bonds. The molecule has 3 rings (SSSR count). The summed E-state index contributed by atoms with van der Waals surface area (Å²) in [5, 5.41) is 19.9. The molecule has 11 heteroatoms. The first-order valence-corrected chi connectivity index (χ1v) is 7.56. The number of nitrogens with zero attached hydrogens (tertiary/aromatic N) is 4. The predicted octanol–water partition coefficient (Wildman–Crippen LogP) is -1.96. The lowest BCUT2D eigenvalue weighted by Gasteiger charge is -2.30. The summed E-state index contributed by atoms with van der Waals surface area (Å²) in [7, 11) is 1.50. The molecule has 11 nitrogen and oxygen atoms in total. The lowest BCUT2D eigenvalue weighted by Crippen LogP contribution is -2.49. The monoisotopic (exact) mass is 353 g/mol. The van der Waals surface area contributed by atoms with Crippen molar-refractivity contribution in [3.63, 3.8) is 0 Å². The van der Waals surface area contributed by atoms with E-state index in [2.05, 4.69) is 15.0 Å². The molecule has 0 saturated carbocycles. The highest BCUT2D eigenvalue weighted by Crippen LogP contribution is 2.38. The number of hydrogen-bond acceptors (Lipinski definition) is 10. The smallest absolute Gasteiger partial charge is 0.234 e. The van der Waals surface area contributed by atoms with Crippen molar-refractivity contribution in [2.24, 2.45) is 0 Å². The summed E-state index contributed by atoms with van der Waals surface area (Å²) in [5.74, 6) is 0.138. The number of aliphatic hydroxyl groups excluding tert-OH is 2. The van der Waals surface area contributed by atoms with E-state index < -0.39 is 30.6 Å². The number of anilines is 1. The third kappa shape index (κ3) is 2.75. The van der Waals surface area contributed by atoms with E-state index in [4.69, 9.17) is 19.9 Å². The van der Waals surface area contributed by atoms with Crippen LogP contribution in [-0.2, 0) is 24.7 Å². The summed E-state index contributed by atoms with van der Waals surface area (Å²) >= 11 is 0. The van der Waals surface area contributed by atoms with Crippen LogP contribution >= 0.6 is 0 Å². The second-order valence-electron chi connectivity index (χ2n) is 5.53. The molecule has 0 aromatic carbocycles. The molecule has 1 aliphatic rings. The first-order valence-electron chi connectivity index (χ1n) is 7.56. The molecule has 1 saturated heterocycles. The molecule has 0 aliphatic carbocycles. The van der Waals surface area contributed by atoms with Crippen LogP contribution in [0.15, 0.2) is 12.7 Å². The maximum atomic E-state index is 12.1. The molecule has 25 heavy (non-hydrogen) atoms. The van der Waals surface area contributed by atoms with E-state index in [-0.39, 0.29) is 30.2 Å². The van der Waals surface area contributed by atoms with Crippen molar-refractivity contribution >= 4 is 23.3 Å². The molecule has 2 aromatic heterocycles. The van der Waals surface area contributed by atoms with Gasteiger partial charge in [0.15, 0.2) is 17.8 Å². The third-order valence-electron chi connectivity index (χ3n) is 4.11. The highest BCUT2D eigenvalue weighted by Gasteiger charge is 2.57. The molecule has 0 radical (unpaired) electrons. The van der Waals surface area contributed by atoms with Gasteiger partial charge in [-0.3, -0.25) is 9.36 Å². The van der Waals surface area contributed by atoms with Crippen molar-refractivity contribution in [3.8, 4) is 0 Å². The van der Waals surface area contributed by atoms with Gasteiger partial charge in [-0.05, 0) is 0 Å². The number of nitrogens with two attached hydrogens (primary N) is 1. The first-order chi connectivity index (χ1) is 12.1. The molecule has 0 spiro atoms. The Bertz CT molecular complexity index is 754. The van der Waals surface area contributed by atoms with Gasteiger partial charge in [0.05, 0.1) is 19.8 Å². The largest absolute Gasteiger partial charge is 0.394 e. The van der Waals surface area contributed by atoms with Gasteiger partial charge in [0.1, 0.15) is 36.5 Å². The summed E-state index contributed by atoms with van der Waals surface area (Å²) in [6, 6.07) is 0. The Balaban J connectivity index is 2.08.